The van der Waals surface area contributed by atoms with Crippen molar-refractivity contribution in [1.82, 2.24) is 4.90 Å². The normalized spacial score (nSPS) is 15.7. The quantitative estimate of drug-likeness (QED) is 0.758. The highest BCUT2D eigenvalue weighted by atomic mass is 16.5. The zero-order valence-corrected chi connectivity index (χ0v) is 12.7. The highest BCUT2D eigenvalue weighted by molar-refractivity contribution is 5.36. The molecule has 114 valence electrons. The molecule has 0 bridgehead atoms. The molecule has 1 unspecified atom stereocenters. The molecule has 1 aliphatic carbocycles. The van der Waals surface area contributed by atoms with Crippen molar-refractivity contribution >= 4 is 0 Å². The maximum atomic E-state index is 10.1. The molecule has 0 aromatic heterocycles. The van der Waals surface area contributed by atoms with Crippen LogP contribution >= 0.6 is 0 Å². The fourth-order valence-electron chi connectivity index (χ4n) is 2.44. The van der Waals surface area contributed by atoms with Gasteiger partial charge in [0.1, 0.15) is 18.5 Å². The van der Waals surface area contributed by atoms with Crippen molar-refractivity contribution in [3.8, 4) is 11.8 Å². The van der Waals surface area contributed by atoms with E-state index in [-0.39, 0.29) is 6.61 Å². The standard InChI is InChI=1S/C17H24N2O2/c1-2-8-19(11-14-6-7-14)12-16(20)13-21-17-5-3-4-15(9-17)10-18/h3-5,9,14,16,20H,2,6-8,11-13H2,1H3. The topological polar surface area (TPSA) is 56.5 Å². The molecule has 0 saturated heterocycles. The summed E-state index contributed by atoms with van der Waals surface area (Å²) in [4.78, 5) is 2.33. The maximum Gasteiger partial charge on any atom is 0.120 e. The van der Waals surface area contributed by atoms with Gasteiger partial charge < -0.3 is 14.7 Å². The molecule has 1 N–H and O–H groups in total. The summed E-state index contributed by atoms with van der Waals surface area (Å²) in [6, 6.07) is 9.11. The molecule has 1 fully saturated rings. The molecular weight excluding hydrogens is 264 g/mol. The smallest absolute Gasteiger partial charge is 0.120 e. The first-order valence-electron chi connectivity index (χ1n) is 7.74. The van der Waals surface area contributed by atoms with E-state index < -0.39 is 6.10 Å². The van der Waals surface area contributed by atoms with Crippen LogP contribution in [0.15, 0.2) is 24.3 Å². The minimum Gasteiger partial charge on any atom is -0.491 e. The van der Waals surface area contributed by atoms with Crippen LogP contribution in [0.2, 0.25) is 0 Å². The summed E-state index contributed by atoms with van der Waals surface area (Å²) < 4.78 is 5.58. The van der Waals surface area contributed by atoms with E-state index in [0.29, 0.717) is 17.9 Å². The molecule has 1 aromatic carbocycles. The average molecular weight is 288 g/mol. The van der Waals surface area contributed by atoms with Gasteiger partial charge in [0, 0.05) is 13.1 Å². The number of nitrogens with zero attached hydrogens (tertiary/aromatic N) is 2. The minimum absolute atomic E-state index is 0.264. The Kier molecular flexibility index (Phi) is 6.04. The van der Waals surface area contributed by atoms with Crippen molar-refractivity contribution < 1.29 is 9.84 Å². The van der Waals surface area contributed by atoms with Gasteiger partial charge in [-0.15, -0.1) is 0 Å². The van der Waals surface area contributed by atoms with Crippen LogP contribution in [0.4, 0.5) is 0 Å². The van der Waals surface area contributed by atoms with Crippen LogP contribution in [0, 0.1) is 17.2 Å². The second kappa shape index (κ2) is 8.02. The van der Waals surface area contributed by atoms with E-state index in [1.165, 1.54) is 12.8 Å². The molecule has 2 rings (SSSR count). The third-order valence-electron chi connectivity index (χ3n) is 3.63. The van der Waals surface area contributed by atoms with E-state index in [4.69, 9.17) is 10.00 Å². The van der Waals surface area contributed by atoms with Gasteiger partial charge >= 0.3 is 0 Å². The van der Waals surface area contributed by atoms with Crippen LogP contribution in [-0.4, -0.2) is 42.4 Å². The number of hydrogen-bond donors (Lipinski definition) is 1. The Morgan fingerprint density at radius 2 is 2.29 bits per heavy atom. The number of aliphatic hydroxyl groups excluding tert-OH is 1. The number of ether oxygens (including phenoxy) is 1. The van der Waals surface area contributed by atoms with Crippen molar-refractivity contribution in [2.45, 2.75) is 32.3 Å². The monoisotopic (exact) mass is 288 g/mol. The van der Waals surface area contributed by atoms with Gasteiger partial charge in [0.25, 0.3) is 0 Å². The highest BCUT2D eigenvalue weighted by Gasteiger charge is 2.25. The number of hydrogen-bond acceptors (Lipinski definition) is 4. The molecule has 1 saturated carbocycles. The van der Waals surface area contributed by atoms with Crippen molar-refractivity contribution in [1.29, 1.82) is 5.26 Å². The molecule has 21 heavy (non-hydrogen) atoms. The predicted molar refractivity (Wildman–Crippen MR) is 82.1 cm³/mol. The molecule has 4 heteroatoms. The molecule has 1 aromatic rings. The maximum absolute atomic E-state index is 10.1. The lowest BCUT2D eigenvalue weighted by molar-refractivity contribution is 0.0665. The molecule has 0 aliphatic heterocycles. The van der Waals surface area contributed by atoms with Crippen molar-refractivity contribution in [2.75, 3.05) is 26.2 Å². The lowest BCUT2D eigenvalue weighted by Gasteiger charge is -2.24. The Bertz CT molecular complexity index is 480. The van der Waals surface area contributed by atoms with E-state index in [2.05, 4.69) is 17.9 Å². The number of rotatable bonds is 9. The Morgan fingerprint density at radius 3 is 2.95 bits per heavy atom. The molecule has 0 radical (unpaired) electrons. The van der Waals surface area contributed by atoms with E-state index in [9.17, 15) is 5.11 Å². The number of nitriles is 1. The predicted octanol–water partition coefficient (Wildman–Crippen LogP) is 2.42. The SMILES string of the molecule is CCCN(CC(O)COc1cccc(C#N)c1)CC1CC1. The Morgan fingerprint density at radius 1 is 1.48 bits per heavy atom. The second-order valence-corrected chi connectivity index (χ2v) is 5.81. The molecule has 0 heterocycles. The van der Waals surface area contributed by atoms with Crippen molar-refractivity contribution in [3.05, 3.63) is 29.8 Å². The lowest BCUT2D eigenvalue weighted by atomic mass is 10.2. The number of aliphatic hydroxyl groups is 1. The van der Waals surface area contributed by atoms with Crippen LogP contribution in [0.3, 0.4) is 0 Å². The first-order valence-corrected chi connectivity index (χ1v) is 7.74. The van der Waals surface area contributed by atoms with Crippen LogP contribution in [0.5, 0.6) is 5.75 Å². The first-order chi connectivity index (χ1) is 10.2. The molecule has 1 atom stereocenters. The minimum atomic E-state index is -0.499. The van der Waals surface area contributed by atoms with E-state index in [1.807, 2.05) is 6.07 Å². The Hall–Kier alpha value is -1.57. The molecule has 0 amide bonds. The zero-order valence-electron chi connectivity index (χ0n) is 12.7. The van der Waals surface area contributed by atoms with Crippen molar-refractivity contribution in [3.63, 3.8) is 0 Å². The first kappa shape index (κ1) is 15.8. The molecule has 4 nitrogen and oxygen atoms in total. The molecule has 1 aliphatic rings. The molecule has 0 spiro atoms. The van der Waals surface area contributed by atoms with E-state index in [0.717, 1.165) is 25.4 Å². The fourth-order valence-corrected chi connectivity index (χ4v) is 2.44. The zero-order chi connectivity index (χ0) is 15.1. The van der Waals surface area contributed by atoms with Gasteiger partial charge in [-0.1, -0.05) is 13.0 Å². The summed E-state index contributed by atoms with van der Waals surface area (Å²) in [5.41, 5.74) is 0.573. The van der Waals surface area contributed by atoms with Gasteiger partial charge in [-0.2, -0.15) is 5.26 Å². The average Bonchev–Trinajstić information content (AvgIpc) is 3.29. The fraction of sp³-hybridized carbons (Fsp3) is 0.588. The van der Waals surface area contributed by atoms with Crippen LogP contribution in [0.1, 0.15) is 31.7 Å². The lowest BCUT2D eigenvalue weighted by Crippen LogP contribution is -2.37. The van der Waals surface area contributed by atoms with Crippen molar-refractivity contribution in [2.24, 2.45) is 5.92 Å². The van der Waals surface area contributed by atoms with Crippen LogP contribution in [-0.2, 0) is 0 Å². The largest absolute Gasteiger partial charge is 0.491 e. The Balaban J connectivity index is 1.76. The summed E-state index contributed by atoms with van der Waals surface area (Å²) in [5, 5.41) is 19.0. The summed E-state index contributed by atoms with van der Waals surface area (Å²) in [6.45, 7) is 5.20. The van der Waals surface area contributed by atoms with Gasteiger partial charge in [0.2, 0.25) is 0 Å². The summed E-state index contributed by atoms with van der Waals surface area (Å²) >= 11 is 0. The van der Waals surface area contributed by atoms with Gasteiger partial charge in [0.15, 0.2) is 0 Å². The van der Waals surface area contributed by atoms with Gasteiger partial charge in [0.05, 0.1) is 11.6 Å². The summed E-state index contributed by atoms with van der Waals surface area (Å²) in [7, 11) is 0. The Labute approximate surface area is 127 Å². The third-order valence-corrected chi connectivity index (χ3v) is 3.63. The molecular formula is C17H24N2O2. The van der Waals surface area contributed by atoms with Gasteiger partial charge in [-0.05, 0) is 49.9 Å². The summed E-state index contributed by atoms with van der Waals surface area (Å²) in [6.07, 6.45) is 3.26. The van der Waals surface area contributed by atoms with Gasteiger partial charge in [-0.3, -0.25) is 0 Å². The third kappa shape index (κ3) is 5.74. The van der Waals surface area contributed by atoms with E-state index >= 15 is 0 Å². The highest BCUT2D eigenvalue weighted by Crippen LogP contribution is 2.29. The number of benzene rings is 1. The second-order valence-electron chi connectivity index (χ2n) is 5.81. The summed E-state index contributed by atoms with van der Waals surface area (Å²) in [5.74, 6) is 1.47. The van der Waals surface area contributed by atoms with E-state index in [1.54, 1.807) is 18.2 Å². The van der Waals surface area contributed by atoms with Crippen LogP contribution < -0.4 is 4.74 Å². The van der Waals surface area contributed by atoms with Gasteiger partial charge in [-0.25, -0.2) is 0 Å². The van der Waals surface area contributed by atoms with Crippen LogP contribution in [0.25, 0.3) is 0 Å².